The van der Waals surface area contributed by atoms with Crippen LogP contribution in [0.3, 0.4) is 0 Å². The van der Waals surface area contributed by atoms with Crippen molar-refractivity contribution in [1.29, 1.82) is 0 Å². The second-order valence-corrected chi connectivity index (χ2v) is 5.60. The quantitative estimate of drug-likeness (QED) is 0.927. The molecule has 3 nitrogen and oxygen atoms in total. The van der Waals surface area contributed by atoms with Gasteiger partial charge in [0.25, 0.3) is 0 Å². The van der Waals surface area contributed by atoms with E-state index in [1.54, 1.807) is 30.9 Å². The molecule has 1 aromatic rings. The average Bonchev–Trinajstić information content (AvgIpc) is 2.86. The molecule has 1 atom stereocenters. The highest BCUT2D eigenvalue weighted by Crippen LogP contribution is 2.21. The molecule has 0 aliphatic carbocycles. The third kappa shape index (κ3) is 3.99. The molecule has 1 N–H and O–H groups in total. The second-order valence-electron chi connectivity index (χ2n) is 4.17. The van der Waals surface area contributed by atoms with Crippen molar-refractivity contribution in [3.8, 4) is 0 Å². The fraction of sp³-hybridized carbons (Fsp3) is 0.417. The van der Waals surface area contributed by atoms with Gasteiger partial charge in [0.2, 0.25) is 5.91 Å². The predicted octanol–water partition coefficient (Wildman–Crippen LogP) is 2.52. The van der Waals surface area contributed by atoms with Crippen molar-refractivity contribution in [2.75, 3.05) is 18.7 Å². The summed E-state index contributed by atoms with van der Waals surface area (Å²) in [4.78, 5) is 13.6. The molecule has 0 spiro atoms. The van der Waals surface area contributed by atoms with E-state index in [0.717, 1.165) is 11.6 Å². The number of nitrogens with zero attached hydrogens (tertiary/aromatic N) is 1. The van der Waals surface area contributed by atoms with Crippen LogP contribution in [0.25, 0.3) is 0 Å². The van der Waals surface area contributed by atoms with Gasteiger partial charge in [0.15, 0.2) is 0 Å². The predicted molar refractivity (Wildman–Crippen MR) is 79.4 cm³/mol. The van der Waals surface area contributed by atoms with Gasteiger partial charge < -0.3 is 4.90 Å². The summed E-state index contributed by atoms with van der Waals surface area (Å²) in [6, 6.07) is 4.36. The minimum Gasteiger partial charge on any atom is -0.340 e. The summed E-state index contributed by atoms with van der Waals surface area (Å²) in [5.74, 6) is 1.13. The number of halogens is 3. The number of carbonyl (C=O) groups excluding carboxylic acids is 1. The first-order chi connectivity index (χ1) is 8.59. The summed E-state index contributed by atoms with van der Waals surface area (Å²) >= 11 is 7.62. The van der Waals surface area contributed by atoms with Crippen molar-refractivity contribution in [1.82, 2.24) is 10.2 Å². The Morgan fingerprint density at radius 3 is 2.95 bits per heavy atom. The lowest BCUT2D eigenvalue weighted by molar-refractivity contribution is -0.131. The number of carbonyl (C=O) groups is 1. The van der Waals surface area contributed by atoms with Gasteiger partial charge in [-0.3, -0.25) is 10.1 Å². The molecule has 7 heteroatoms. The molecule has 1 aliphatic heterocycles. The van der Waals surface area contributed by atoms with E-state index in [-0.39, 0.29) is 36.7 Å². The van der Waals surface area contributed by atoms with E-state index >= 15 is 0 Å². The van der Waals surface area contributed by atoms with Crippen molar-refractivity contribution >= 4 is 41.7 Å². The zero-order chi connectivity index (χ0) is 13.1. The first-order valence-corrected chi connectivity index (χ1v) is 7.12. The third-order valence-corrected chi connectivity index (χ3v) is 4.14. The monoisotopic (exact) mass is 324 g/mol. The first kappa shape index (κ1) is 16.6. The maximum absolute atomic E-state index is 13.6. The van der Waals surface area contributed by atoms with Gasteiger partial charge >= 0.3 is 0 Å². The lowest BCUT2D eigenvalue weighted by Gasteiger charge is -2.21. The molecule has 1 aromatic carbocycles. The molecule has 1 unspecified atom stereocenters. The largest absolute Gasteiger partial charge is 0.340 e. The van der Waals surface area contributed by atoms with Crippen molar-refractivity contribution < 1.29 is 9.18 Å². The maximum atomic E-state index is 13.6. The van der Waals surface area contributed by atoms with Gasteiger partial charge in [0.05, 0.1) is 6.04 Å². The number of hydrogen-bond acceptors (Lipinski definition) is 3. The van der Waals surface area contributed by atoms with Gasteiger partial charge in [0.1, 0.15) is 5.82 Å². The van der Waals surface area contributed by atoms with Gasteiger partial charge in [-0.1, -0.05) is 17.7 Å². The van der Waals surface area contributed by atoms with Crippen molar-refractivity contribution in [3.63, 3.8) is 0 Å². The van der Waals surface area contributed by atoms with E-state index in [2.05, 4.69) is 5.32 Å². The van der Waals surface area contributed by atoms with E-state index < -0.39 is 0 Å². The van der Waals surface area contributed by atoms with E-state index in [1.165, 1.54) is 11.0 Å². The van der Waals surface area contributed by atoms with Crippen LogP contribution in [0.5, 0.6) is 0 Å². The lowest BCUT2D eigenvalue weighted by atomic mass is 10.2. The minimum atomic E-state index is -0.379. The fourth-order valence-corrected chi connectivity index (χ4v) is 2.97. The van der Waals surface area contributed by atoms with Gasteiger partial charge in [0, 0.05) is 35.8 Å². The van der Waals surface area contributed by atoms with Gasteiger partial charge in [-0.2, -0.15) is 0 Å². The van der Waals surface area contributed by atoms with Crippen LogP contribution in [-0.2, 0) is 11.3 Å². The summed E-state index contributed by atoms with van der Waals surface area (Å²) in [6.45, 7) is 0.188. The first-order valence-electron chi connectivity index (χ1n) is 5.58. The third-order valence-electron chi connectivity index (χ3n) is 2.85. The van der Waals surface area contributed by atoms with Crippen molar-refractivity contribution in [3.05, 3.63) is 34.6 Å². The van der Waals surface area contributed by atoms with Crippen LogP contribution in [0.2, 0.25) is 5.02 Å². The Kier molecular flexibility index (Phi) is 6.39. The van der Waals surface area contributed by atoms with Crippen molar-refractivity contribution in [2.24, 2.45) is 0 Å². The average molecular weight is 325 g/mol. The number of thioether (sulfide) groups is 1. The smallest absolute Gasteiger partial charge is 0.240 e. The van der Waals surface area contributed by atoms with E-state index in [1.807, 2.05) is 0 Å². The highest BCUT2D eigenvalue weighted by Gasteiger charge is 2.26. The Labute approximate surface area is 127 Å². The Morgan fingerprint density at radius 1 is 1.63 bits per heavy atom. The lowest BCUT2D eigenvalue weighted by Crippen LogP contribution is -2.42. The number of amides is 1. The molecule has 2 rings (SSSR count). The number of benzene rings is 1. The van der Waals surface area contributed by atoms with Crippen LogP contribution >= 0.6 is 35.8 Å². The molecule has 0 saturated carbocycles. The van der Waals surface area contributed by atoms with E-state index in [9.17, 15) is 9.18 Å². The van der Waals surface area contributed by atoms with Gasteiger partial charge in [-0.25, -0.2) is 4.39 Å². The molecule has 1 aliphatic rings. The molecule has 19 heavy (non-hydrogen) atoms. The molecular weight excluding hydrogens is 310 g/mol. The van der Waals surface area contributed by atoms with Crippen LogP contribution in [0.1, 0.15) is 5.56 Å². The van der Waals surface area contributed by atoms with Crippen LogP contribution in [0.15, 0.2) is 18.2 Å². The fourth-order valence-electron chi connectivity index (χ4n) is 1.82. The molecule has 1 fully saturated rings. The topological polar surface area (TPSA) is 32.3 Å². The molecule has 1 amide bonds. The summed E-state index contributed by atoms with van der Waals surface area (Å²) in [5, 5.41) is 3.45. The summed E-state index contributed by atoms with van der Waals surface area (Å²) in [7, 11) is 1.66. The van der Waals surface area contributed by atoms with Crippen LogP contribution < -0.4 is 5.32 Å². The Balaban J connectivity index is 0.00000180. The van der Waals surface area contributed by atoms with Gasteiger partial charge in [-0.05, 0) is 12.1 Å². The van der Waals surface area contributed by atoms with Gasteiger partial charge in [-0.15, -0.1) is 24.2 Å². The summed E-state index contributed by atoms with van der Waals surface area (Å²) < 4.78 is 13.6. The standard InChI is InChI=1S/C12H14ClFN2OS.ClH/c1-16(12(17)11-6-18-7-15-11)5-8-9(13)3-2-4-10(8)14;/h2-4,11,15H,5-7H2,1H3;1H. The maximum Gasteiger partial charge on any atom is 0.240 e. The highest BCUT2D eigenvalue weighted by molar-refractivity contribution is 7.99. The SMILES string of the molecule is CN(Cc1c(F)cccc1Cl)C(=O)C1CSCN1.Cl. The van der Waals surface area contributed by atoms with Crippen molar-refractivity contribution in [2.45, 2.75) is 12.6 Å². The Morgan fingerprint density at radius 2 is 2.37 bits per heavy atom. The summed E-state index contributed by atoms with van der Waals surface area (Å²) in [6.07, 6.45) is 0. The normalized spacial score (nSPS) is 17.9. The van der Waals surface area contributed by atoms with Crippen LogP contribution in [0.4, 0.5) is 4.39 Å². The number of rotatable bonds is 3. The molecular formula is C12H15Cl2FN2OS. The van der Waals surface area contributed by atoms with E-state index in [4.69, 9.17) is 11.6 Å². The molecule has 0 radical (unpaired) electrons. The zero-order valence-electron chi connectivity index (χ0n) is 10.4. The molecule has 106 valence electrons. The zero-order valence-corrected chi connectivity index (χ0v) is 12.7. The van der Waals surface area contributed by atoms with E-state index in [0.29, 0.717) is 10.6 Å². The van der Waals surface area contributed by atoms with Crippen LogP contribution in [0, 0.1) is 5.82 Å². The number of likely N-dealkylation sites (N-methyl/N-ethyl adjacent to an activating group) is 1. The number of hydrogen-bond donors (Lipinski definition) is 1. The number of nitrogens with one attached hydrogen (secondary N) is 1. The Hall–Kier alpha value is -0.490. The summed E-state index contributed by atoms with van der Waals surface area (Å²) in [5.41, 5.74) is 0.362. The minimum absolute atomic E-state index is 0. The molecule has 1 heterocycles. The molecule has 1 saturated heterocycles. The molecule has 0 aromatic heterocycles. The molecule has 0 bridgehead atoms. The van der Waals surface area contributed by atoms with Crippen LogP contribution in [-0.4, -0.2) is 35.5 Å². The highest BCUT2D eigenvalue weighted by atomic mass is 35.5. The Bertz CT molecular complexity index is 435. The second kappa shape index (κ2) is 7.33.